The monoisotopic (exact) mass is 208 g/mol. The Hall–Kier alpha value is -0.990. The smallest absolute Gasteiger partial charge is 0.0661 e. The van der Waals surface area contributed by atoms with Gasteiger partial charge in [-0.2, -0.15) is 0 Å². The Bertz CT molecular complexity index is 471. The molecule has 14 heavy (non-hydrogen) atoms. The third-order valence-corrected chi connectivity index (χ3v) is 2.79. The van der Waals surface area contributed by atoms with E-state index in [1.165, 1.54) is 0 Å². The first-order chi connectivity index (χ1) is 6.59. The molecule has 2 rings (SSSR count). The summed E-state index contributed by atoms with van der Waals surface area (Å²) in [4.78, 5) is 0. The van der Waals surface area contributed by atoms with Crippen LogP contribution in [-0.2, 0) is 7.05 Å². The van der Waals surface area contributed by atoms with Crippen molar-refractivity contribution in [2.24, 2.45) is 12.8 Å². The van der Waals surface area contributed by atoms with Crippen molar-refractivity contribution in [3.63, 3.8) is 0 Å². The van der Waals surface area contributed by atoms with Crippen molar-refractivity contribution in [3.05, 3.63) is 35.0 Å². The highest BCUT2D eigenvalue weighted by molar-refractivity contribution is 6.35. The van der Waals surface area contributed by atoms with Gasteiger partial charge in [0, 0.05) is 30.2 Å². The molecule has 0 fully saturated rings. The summed E-state index contributed by atoms with van der Waals surface area (Å²) in [5.41, 5.74) is 8.08. The second-order valence-corrected chi connectivity index (χ2v) is 4.06. The molecule has 2 N–H and O–H groups in total. The molecule has 3 heteroatoms. The van der Waals surface area contributed by atoms with E-state index in [0.29, 0.717) is 0 Å². The van der Waals surface area contributed by atoms with Crippen LogP contribution in [0.3, 0.4) is 0 Å². The Morgan fingerprint density at radius 3 is 2.79 bits per heavy atom. The first kappa shape index (κ1) is 9.56. The number of aryl methyl sites for hydroxylation is 1. The van der Waals surface area contributed by atoms with E-state index in [1.54, 1.807) is 0 Å². The topological polar surface area (TPSA) is 30.9 Å². The zero-order valence-corrected chi connectivity index (χ0v) is 9.05. The summed E-state index contributed by atoms with van der Waals surface area (Å²) in [6.45, 7) is 1.98. The van der Waals surface area contributed by atoms with E-state index < -0.39 is 0 Å². The van der Waals surface area contributed by atoms with Crippen molar-refractivity contribution in [2.75, 3.05) is 0 Å². The Morgan fingerprint density at radius 1 is 1.43 bits per heavy atom. The number of hydrogen-bond donors (Lipinski definition) is 1. The molecule has 0 bridgehead atoms. The van der Waals surface area contributed by atoms with E-state index in [2.05, 4.69) is 6.07 Å². The molecule has 1 aromatic carbocycles. The van der Waals surface area contributed by atoms with Crippen LogP contribution in [0, 0.1) is 0 Å². The average molecular weight is 209 g/mol. The van der Waals surface area contributed by atoms with Crippen LogP contribution in [0.1, 0.15) is 18.5 Å². The summed E-state index contributed by atoms with van der Waals surface area (Å²) in [5, 5.41) is 1.87. The van der Waals surface area contributed by atoms with Crippen LogP contribution >= 0.6 is 11.6 Å². The quantitative estimate of drug-likeness (QED) is 0.768. The van der Waals surface area contributed by atoms with Gasteiger partial charge >= 0.3 is 0 Å². The van der Waals surface area contributed by atoms with Gasteiger partial charge in [0.25, 0.3) is 0 Å². The van der Waals surface area contributed by atoms with Gasteiger partial charge in [0.05, 0.1) is 5.02 Å². The molecule has 0 aliphatic carbocycles. The van der Waals surface area contributed by atoms with Crippen LogP contribution in [0.5, 0.6) is 0 Å². The van der Waals surface area contributed by atoms with Gasteiger partial charge in [-0.1, -0.05) is 23.7 Å². The first-order valence-electron chi connectivity index (χ1n) is 4.59. The Labute approximate surface area is 88.3 Å². The molecule has 74 valence electrons. The van der Waals surface area contributed by atoms with E-state index in [0.717, 1.165) is 21.5 Å². The van der Waals surface area contributed by atoms with E-state index in [1.807, 2.05) is 36.9 Å². The summed E-state index contributed by atoms with van der Waals surface area (Å²) < 4.78 is 2.02. The highest BCUT2D eigenvalue weighted by Crippen LogP contribution is 2.27. The number of hydrogen-bond acceptors (Lipinski definition) is 1. The van der Waals surface area contributed by atoms with Gasteiger partial charge in [0.2, 0.25) is 0 Å². The number of rotatable bonds is 1. The molecule has 1 unspecified atom stereocenters. The standard InChI is InChI=1S/C11H13ClN2/c1-7(13)8-3-4-9-10(12)6-14(2)11(9)5-8/h3-7H,13H2,1-2H3. The van der Waals surface area contributed by atoms with Crippen LogP contribution in [0.15, 0.2) is 24.4 Å². The third kappa shape index (κ3) is 1.41. The molecule has 0 amide bonds. The highest BCUT2D eigenvalue weighted by Gasteiger charge is 2.06. The lowest BCUT2D eigenvalue weighted by atomic mass is 10.1. The molecule has 0 aliphatic heterocycles. The van der Waals surface area contributed by atoms with Crippen molar-refractivity contribution in [1.82, 2.24) is 4.57 Å². The Morgan fingerprint density at radius 2 is 2.14 bits per heavy atom. The van der Waals surface area contributed by atoms with E-state index in [4.69, 9.17) is 17.3 Å². The molecule has 1 atom stereocenters. The average Bonchev–Trinajstić information content (AvgIpc) is 2.42. The zero-order valence-electron chi connectivity index (χ0n) is 8.29. The third-order valence-electron chi connectivity index (χ3n) is 2.49. The fourth-order valence-corrected chi connectivity index (χ4v) is 1.94. The number of benzene rings is 1. The lowest BCUT2D eigenvalue weighted by Gasteiger charge is -2.05. The fourth-order valence-electron chi connectivity index (χ4n) is 1.63. The maximum atomic E-state index is 6.06. The fraction of sp³-hybridized carbons (Fsp3) is 0.273. The van der Waals surface area contributed by atoms with Gasteiger partial charge in [-0.3, -0.25) is 0 Å². The van der Waals surface area contributed by atoms with Crippen molar-refractivity contribution in [1.29, 1.82) is 0 Å². The lowest BCUT2D eigenvalue weighted by Crippen LogP contribution is -2.04. The Kier molecular flexibility index (Phi) is 2.25. The van der Waals surface area contributed by atoms with Crippen molar-refractivity contribution >= 4 is 22.5 Å². The summed E-state index contributed by atoms with van der Waals surface area (Å²) in [5.74, 6) is 0. The molecule has 0 aliphatic rings. The minimum Gasteiger partial charge on any atom is -0.349 e. The van der Waals surface area contributed by atoms with Gasteiger partial charge in [-0.15, -0.1) is 0 Å². The summed E-state index contributed by atoms with van der Waals surface area (Å²) in [6, 6.07) is 6.20. The molecule has 0 saturated heterocycles. The number of aromatic nitrogens is 1. The zero-order chi connectivity index (χ0) is 10.3. The molecule has 2 aromatic rings. The van der Waals surface area contributed by atoms with Crippen LogP contribution < -0.4 is 5.73 Å². The molecule has 0 saturated carbocycles. The lowest BCUT2D eigenvalue weighted by molar-refractivity contribution is 0.818. The molecule has 1 aromatic heterocycles. The van der Waals surface area contributed by atoms with E-state index >= 15 is 0 Å². The Balaban J connectivity index is 2.71. The number of halogens is 1. The van der Waals surface area contributed by atoms with Gasteiger partial charge < -0.3 is 10.3 Å². The van der Waals surface area contributed by atoms with Gasteiger partial charge in [0.1, 0.15) is 0 Å². The minimum absolute atomic E-state index is 0.0630. The number of nitrogens with zero attached hydrogens (tertiary/aromatic N) is 1. The molecule has 2 nitrogen and oxygen atoms in total. The molecule has 0 spiro atoms. The molecule has 1 heterocycles. The largest absolute Gasteiger partial charge is 0.349 e. The summed E-state index contributed by atoms with van der Waals surface area (Å²) in [6.07, 6.45) is 1.91. The maximum Gasteiger partial charge on any atom is 0.0661 e. The SMILES string of the molecule is CC(N)c1ccc2c(Cl)cn(C)c2c1. The predicted molar refractivity (Wildman–Crippen MR) is 60.5 cm³/mol. The van der Waals surface area contributed by atoms with Crippen molar-refractivity contribution in [3.8, 4) is 0 Å². The second kappa shape index (κ2) is 3.30. The highest BCUT2D eigenvalue weighted by atomic mass is 35.5. The van der Waals surface area contributed by atoms with E-state index in [-0.39, 0.29) is 6.04 Å². The predicted octanol–water partition coefficient (Wildman–Crippen LogP) is 2.85. The van der Waals surface area contributed by atoms with Crippen LogP contribution in [0.2, 0.25) is 5.02 Å². The van der Waals surface area contributed by atoms with Crippen molar-refractivity contribution in [2.45, 2.75) is 13.0 Å². The van der Waals surface area contributed by atoms with Crippen molar-refractivity contribution < 1.29 is 0 Å². The number of fused-ring (bicyclic) bond motifs is 1. The summed E-state index contributed by atoms with van der Waals surface area (Å²) >= 11 is 6.06. The van der Waals surface area contributed by atoms with E-state index in [9.17, 15) is 0 Å². The molecular weight excluding hydrogens is 196 g/mol. The minimum atomic E-state index is 0.0630. The summed E-state index contributed by atoms with van der Waals surface area (Å²) in [7, 11) is 1.99. The van der Waals surface area contributed by atoms with Gasteiger partial charge in [-0.05, 0) is 18.6 Å². The van der Waals surface area contributed by atoms with Gasteiger partial charge in [-0.25, -0.2) is 0 Å². The maximum absolute atomic E-state index is 6.06. The molecular formula is C11H13ClN2. The first-order valence-corrected chi connectivity index (χ1v) is 4.97. The van der Waals surface area contributed by atoms with Gasteiger partial charge in [0.15, 0.2) is 0 Å². The number of nitrogens with two attached hydrogens (primary N) is 1. The molecule has 0 radical (unpaired) electrons. The van der Waals surface area contributed by atoms with Crippen LogP contribution in [0.4, 0.5) is 0 Å². The van der Waals surface area contributed by atoms with Crippen LogP contribution in [0.25, 0.3) is 10.9 Å². The van der Waals surface area contributed by atoms with Crippen LogP contribution in [-0.4, -0.2) is 4.57 Å². The normalized spacial score (nSPS) is 13.4. The second-order valence-electron chi connectivity index (χ2n) is 3.65.